The highest BCUT2D eigenvalue weighted by Crippen LogP contribution is 2.32. The van der Waals surface area contributed by atoms with Gasteiger partial charge in [0.05, 0.1) is 13.2 Å². The van der Waals surface area contributed by atoms with Gasteiger partial charge >= 0.3 is 0 Å². The minimum Gasteiger partial charge on any atom is -0.394 e. The third-order valence-electron chi connectivity index (χ3n) is 4.61. The molecule has 3 fully saturated rings. The first kappa shape index (κ1) is 18.9. The van der Waals surface area contributed by atoms with E-state index in [2.05, 4.69) is 5.32 Å². The van der Waals surface area contributed by atoms with Gasteiger partial charge in [-0.3, -0.25) is 4.79 Å². The maximum atomic E-state index is 11.4. The Labute approximate surface area is 143 Å². The number of carbonyl (C=O) groups excluding carboxylic acids is 1. The Kier molecular flexibility index (Phi) is 5.58. The molecule has 0 aromatic rings. The Morgan fingerprint density at radius 2 is 1.84 bits per heavy atom. The van der Waals surface area contributed by atoms with Crippen molar-refractivity contribution in [1.29, 1.82) is 0 Å². The molecule has 3 rings (SSSR count). The predicted molar refractivity (Wildman–Crippen MR) is 76.9 cm³/mol. The average Bonchev–Trinajstić information content (AvgIpc) is 3.02. The lowest BCUT2D eigenvalue weighted by Crippen LogP contribution is -2.66. The number of hydrogen-bond acceptors (Lipinski definition) is 10. The SMILES string of the molecule is CC(=O)N[C@H]1[C@H](O[C@H]2[C@H](O)[C@@H](O)[C@H]3OC[C@@H]2O3)O[C@H](CO)[C@@H](O)[C@@H]1O. The summed E-state index contributed by atoms with van der Waals surface area (Å²) in [6, 6.07) is -1.15. The van der Waals surface area contributed by atoms with Gasteiger partial charge in [0.15, 0.2) is 12.6 Å². The summed E-state index contributed by atoms with van der Waals surface area (Å²) in [6.07, 6.45) is -10.7. The van der Waals surface area contributed by atoms with Gasteiger partial charge < -0.3 is 49.8 Å². The van der Waals surface area contributed by atoms with Crippen molar-refractivity contribution in [3.8, 4) is 0 Å². The van der Waals surface area contributed by atoms with E-state index >= 15 is 0 Å². The van der Waals surface area contributed by atoms with Gasteiger partial charge in [-0.25, -0.2) is 0 Å². The van der Waals surface area contributed by atoms with Gasteiger partial charge in [-0.05, 0) is 0 Å². The zero-order valence-electron chi connectivity index (χ0n) is 13.5. The molecule has 10 atom stereocenters. The van der Waals surface area contributed by atoms with Crippen LogP contribution in [0.1, 0.15) is 6.92 Å². The lowest BCUT2D eigenvalue weighted by molar-refractivity contribution is -0.317. The number of nitrogens with one attached hydrogen (secondary N) is 1. The van der Waals surface area contributed by atoms with Gasteiger partial charge in [-0.15, -0.1) is 0 Å². The number of ether oxygens (including phenoxy) is 4. The molecule has 0 aromatic carbocycles. The smallest absolute Gasteiger partial charge is 0.217 e. The number of aliphatic hydroxyl groups excluding tert-OH is 5. The van der Waals surface area contributed by atoms with E-state index in [1.54, 1.807) is 0 Å². The molecule has 3 aliphatic heterocycles. The van der Waals surface area contributed by atoms with Crippen LogP contribution in [0.15, 0.2) is 0 Å². The molecule has 0 aromatic heterocycles. The minimum absolute atomic E-state index is 0.0790. The lowest BCUT2D eigenvalue weighted by atomic mass is 9.96. The molecule has 0 unspecified atom stereocenters. The van der Waals surface area contributed by atoms with Crippen LogP contribution in [0.4, 0.5) is 0 Å². The number of carbonyl (C=O) groups is 1. The molecule has 2 bridgehead atoms. The number of fused-ring (bicyclic) bond motifs is 2. The van der Waals surface area contributed by atoms with Crippen LogP contribution >= 0.6 is 0 Å². The largest absolute Gasteiger partial charge is 0.394 e. The normalized spacial score (nSPS) is 49.8. The Morgan fingerprint density at radius 3 is 2.48 bits per heavy atom. The number of aliphatic hydroxyl groups is 5. The first-order valence-electron chi connectivity index (χ1n) is 8.01. The van der Waals surface area contributed by atoms with Crippen LogP contribution in [0, 0.1) is 0 Å². The highest BCUT2D eigenvalue weighted by molar-refractivity contribution is 5.73. The summed E-state index contributed by atoms with van der Waals surface area (Å²) in [7, 11) is 0. The van der Waals surface area contributed by atoms with Crippen molar-refractivity contribution >= 4 is 5.91 Å². The zero-order chi connectivity index (χ0) is 18.3. The Morgan fingerprint density at radius 1 is 1.12 bits per heavy atom. The van der Waals surface area contributed by atoms with Gasteiger partial charge in [-0.1, -0.05) is 0 Å². The second-order valence-electron chi connectivity index (χ2n) is 6.39. The number of amides is 1. The number of hydrogen-bond donors (Lipinski definition) is 6. The van der Waals surface area contributed by atoms with Crippen molar-refractivity contribution in [2.75, 3.05) is 13.2 Å². The topological polar surface area (TPSA) is 167 Å². The van der Waals surface area contributed by atoms with Crippen LogP contribution in [0.2, 0.25) is 0 Å². The van der Waals surface area contributed by atoms with E-state index in [1.807, 2.05) is 0 Å². The van der Waals surface area contributed by atoms with Crippen LogP contribution in [0.5, 0.6) is 0 Å². The van der Waals surface area contributed by atoms with E-state index in [-0.39, 0.29) is 6.61 Å². The van der Waals surface area contributed by atoms with Crippen molar-refractivity contribution in [2.45, 2.75) is 68.3 Å². The van der Waals surface area contributed by atoms with Crippen molar-refractivity contribution in [3.05, 3.63) is 0 Å². The Hall–Kier alpha value is -0.890. The molecule has 25 heavy (non-hydrogen) atoms. The van der Waals surface area contributed by atoms with Crippen molar-refractivity contribution in [3.63, 3.8) is 0 Å². The van der Waals surface area contributed by atoms with E-state index in [0.29, 0.717) is 0 Å². The molecule has 1 amide bonds. The quantitative estimate of drug-likeness (QED) is 0.287. The van der Waals surface area contributed by atoms with Crippen LogP contribution < -0.4 is 5.32 Å². The van der Waals surface area contributed by atoms with E-state index in [1.165, 1.54) is 6.92 Å². The number of rotatable bonds is 4. The standard InChI is InChI=1S/C14H23NO10/c1-4(17)15-7-9(19)8(18)5(2-16)23-13(7)25-12-6-3-22-14(24-6)11(21)10(12)20/h5-14,16,18-21H,2-3H2,1H3,(H,15,17)/t5-,6+,7-,8-,9-,10-,11-,12-,13+,14+/m1/s1. The van der Waals surface area contributed by atoms with E-state index < -0.39 is 73.9 Å². The third kappa shape index (κ3) is 3.52. The van der Waals surface area contributed by atoms with Gasteiger partial charge in [0.2, 0.25) is 5.91 Å². The van der Waals surface area contributed by atoms with Crippen molar-refractivity contribution in [2.24, 2.45) is 0 Å². The fraction of sp³-hybridized carbons (Fsp3) is 0.929. The first-order chi connectivity index (χ1) is 11.8. The summed E-state index contributed by atoms with van der Waals surface area (Å²) in [6.45, 7) is 0.702. The maximum absolute atomic E-state index is 11.4. The summed E-state index contributed by atoms with van der Waals surface area (Å²) in [5.41, 5.74) is 0. The molecule has 11 heteroatoms. The molecule has 144 valence electrons. The van der Waals surface area contributed by atoms with E-state index in [9.17, 15) is 30.3 Å². The van der Waals surface area contributed by atoms with Gasteiger partial charge in [0, 0.05) is 6.92 Å². The van der Waals surface area contributed by atoms with Crippen LogP contribution in [-0.4, -0.2) is 106 Å². The third-order valence-corrected chi connectivity index (χ3v) is 4.61. The molecule has 3 saturated heterocycles. The maximum Gasteiger partial charge on any atom is 0.217 e. The second-order valence-corrected chi connectivity index (χ2v) is 6.39. The molecule has 0 radical (unpaired) electrons. The summed E-state index contributed by atoms with van der Waals surface area (Å²) >= 11 is 0. The van der Waals surface area contributed by atoms with Crippen molar-refractivity contribution < 1.29 is 49.3 Å². The molecule has 0 spiro atoms. The zero-order valence-corrected chi connectivity index (χ0v) is 13.5. The van der Waals surface area contributed by atoms with Crippen LogP contribution in [0.25, 0.3) is 0 Å². The van der Waals surface area contributed by atoms with Crippen LogP contribution in [-0.2, 0) is 23.7 Å². The Bertz CT molecular complexity index is 492. The summed E-state index contributed by atoms with van der Waals surface area (Å²) < 4.78 is 21.7. The highest BCUT2D eigenvalue weighted by Gasteiger charge is 2.53. The molecule has 11 nitrogen and oxygen atoms in total. The molecule has 6 N–H and O–H groups in total. The van der Waals surface area contributed by atoms with Gasteiger partial charge in [-0.2, -0.15) is 0 Å². The van der Waals surface area contributed by atoms with Gasteiger partial charge in [0.1, 0.15) is 48.8 Å². The second kappa shape index (κ2) is 7.39. The lowest BCUT2D eigenvalue weighted by Gasteiger charge is -2.45. The minimum atomic E-state index is -1.47. The van der Waals surface area contributed by atoms with Gasteiger partial charge in [0.25, 0.3) is 0 Å². The Balaban J connectivity index is 1.78. The molecule has 0 aliphatic carbocycles. The monoisotopic (exact) mass is 365 g/mol. The summed E-state index contributed by atoms with van der Waals surface area (Å²) in [5.74, 6) is -0.499. The summed E-state index contributed by atoms with van der Waals surface area (Å²) in [5, 5.41) is 52.1. The van der Waals surface area contributed by atoms with E-state index in [0.717, 1.165) is 0 Å². The molecule has 3 aliphatic rings. The van der Waals surface area contributed by atoms with E-state index in [4.69, 9.17) is 18.9 Å². The highest BCUT2D eigenvalue weighted by atomic mass is 16.8. The fourth-order valence-electron chi connectivity index (χ4n) is 3.28. The predicted octanol–water partition coefficient (Wildman–Crippen LogP) is -4.21. The fourth-order valence-corrected chi connectivity index (χ4v) is 3.28. The molecule has 3 heterocycles. The molecular formula is C14H23NO10. The summed E-state index contributed by atoms with van der Waals surface area (Å²) in [4.78, 5) is 11.4. The molecule has 0 saturated carbocycles. The first-order valence-corrected chi connectivity index (χ1v) is 8.01. The van der Waals surface area contributed by atoms with Crippen molar-refractivity contribution in [1.82, 2.24) is 5.32 Å². The molecular weight excluding hydrogens is 342 g/mol. The average molecular weight is 365 g/mol. The van der Waals surface area contributed by atoms with Crippen LogP contribution in [0.3, 0.4) is 0 Å².